The zero-order chi connectivity index (χ0) is 18.4. The molecule has 4 heteroatoms. The summed E-state index contributed by atoms with van der Waals surface area (Å²) in [4.78, 5) is 22.4. The molecule has 0 saturated heterocycles. The van der Waals surface area contributed by atoms with Crippen LogP contribution in [0.1, 0.15) is 44.7 Å². The average Bonchev–Trinajstić information content (AvgIpc) is 2.62. The summed E-state index contributed by atoms with van der Waals surface area (Å²) in [5.74, 6) is -0.260. The Morgan fingerprint density at radius 3 is 1.80 bits per heavy atom. The molecule has 0 bridgehead atoms. The molecule has 2 rings (SSSR count). The largest absolute Gasteiger partial charge is 0.497 e. The summed E-state index contributed by atoms with van der Waals surface area (Å²) in [6, 6.07) is 15.4. The molecule has 0 fully saturated rings. The lowest BCUT2D eigenvalue weighted by molar-refractivity contribution is -0.146. The summed E-state index contributed by atoms with van der Waals surface area (Å²) in [6.45, 7) is 5.55. The number of hydrogen-bond acceptors (Lipinski definition) is 4. The van der Waals surface area contributed by atoms with E-state index in [1.807, 2.05) is 24.3 Å². The van der Waals surface area contributed by atoms with Gasteiger partial charge in [0.2, 0.25) is 5.78 Å². The van der Waals surface area contributed by atoms with Gasteiger partial charge in [0, 0.05) is 12.3 Å². The minimum atomic E-state index is -0.848. The van der Waals surface area contributed by atoms with Gasteiger partial charge in [0.05, 0.1) is 7.11 Å². The van der Waals surface area contributed by atoms with E-state index in [0.717, 1.165) is 24.2 Å². The van der Waals surface area contributed by atoms with Gasteiger partial charge >= 0.3 is 5.97 Å². The summed E-state index contributed by atoms with van der Waals surface area (Å²) in [5.41, 5.74) is 2.16. The van der Waals surface area contributed by atoms with Crippen molar-refractivity contribution in [3.05, 3.63) is 59.7 Å². The van der Waals surface area contributed by atoms with Gasteiger partial charge in [0.25, 0.3) is 0 Å². The van der Waals surface area contributed by atoms with Crippen molar-refractivity contribution in [2.24, 2.45) is 0 Å². The van der Waals surface area contributed by atoms with Crippen LogP contribution in [-0.2, 0) is 15.0 Å². The fraction of sp³-hybridized carbons (Fsp3) is 0.333. The number of carbonyl (C=O) groups excluding carboxylic acids is 2. The first-order chi connectivity index (χ1) is 11.9. The van der Waals surface area contributed by atoms with Crippen molar-refractivity contribution in [2.75, 3.05) is 7.11 Å². The summed E-state index contributed by atoms with van der Waals surface area (Å²) in [5, 5.41) is 0. The Kier molecular flexibility index (Phi) is 5.97. The molecule has 0 saturated carbocycles. The fourth-order valence-corrected chi connectivity index (χ4v) is 2.98. The number of benzene rings is 2. The van der Waals surface area contributed by atoms with Gasteiger partial charge in [-0.1, -0.05) is 44.5 Å². The summed E-state index contributed by atoms with van der Waals surface area (Å²) in [7, 11) is 1.65. The normalized spacial score (nSPS) is 13.0. The molecule has 0 N–H and O–H groups in total. The minimum absolute atomic E-state index is 0.163. The van der Waals surface area contributed by atoms with Crippen molar-refractivity contribution < 1.29 is 19.1 Å². The second-order valence-corrected chi connectivity index (χ2v) is 6.28. The zero-order valence-corrected chi connectivity index (χ0v) is 15.2. The molecule has 0 radical (unpaired) electrons. The monoisotopic (exact) mass is 340 g/mol. The third-order valence-electron chi connectivity index (χ3n) is 4.47. The van der Waals surface area contributed by atoms with Crippen LogP contribution in [0.5, 0.6) is 11.5 Å². The smallest absolute Gasteiger partial charge is 0.379 e. The Hall–Kier alpha value is -2.62. The van der Waals surface area contributed by atoms with Crippen molar-refractivity contribution in [1.82, 2.24) is 0 Å². The Morgan fingerprint density at radius 2 is 1.40 bits per heavy atom. The van der Waals surface area contributed by atoms with E-state index >= 15 is 0 Å². The van der Waals surface area contributed by atoms with Gasteiger partial charge in [-0.15, -0.1) is 0 Å². The number of hydrogen-bond donors (Lipinski definition) is 0. The van der Waals surface area contributed by atoms with E-state index in [2.05, 4.69) is 26.0 Å². The maximum Gasteiger partial charge on any atom is 0.379 e. The highest BCUT2D eigenvalue weighted by molar-refractivity contribution is 6.33. The SMILES string of the molecule is CCCC(C)(c1ccc(OC)cc1)c1ccc(OC(=O)C(C)=O)cc1. The third kappa shape index (κ3) is 4.27. The van der Waals surface area contributed by atoms with Gasteiger partial charge in [-0.25, -0.2) is 4.79 Å². The lowest BCUT2D eigenvalue weighted by atomic mass is 9.73. The van der Waals surface area contributed by atoms with E-state index in [-0.39, 0.29) is 5.41 Å². The quantitative estimate of drug-likeness (QED) is 0.428. The number of rotatable bonds is 7. The molecule has 132 valence electrons. The second-order valence-electron chi connectivity index (χ2n) is 6.28. The van der Waals surface area contributed by atoms with Crippen molar-refractivity contribution in [3.8, 4) is 11.5 Å². The van der Waals surface area contributed by atoms with Crippen LogP contribution in [-0.4, -0.2) is 18.9 Å². The van der Waals surface area contributed by atoms with Crippen molar-refractivity contribution >= 4 is 11.8 Å². The number of esters is 1. The maximum atomic E-state index is 11.4. The minimum Gasteiger partial charge on any atom is -0.497 e. The molecule has 0 spiro atoms. The molecule has 0 aliphatic rings. The van der Waals surface area contributed by atoms with E-state index in [9.17, 15) is 9.59 Å². The molecule has 0 heterocycles. The number of ether oxygens (including phenoxy) is 2. The molecular formula is C21H24O4. The van der Waals surface area contributed by atoms with Crippen LogP contribution in [0.3, 0.4) is 0 Å². The Bertz CT molecular complexity index is 731. The second kappa shape index (κ2) is 7.97. The standard InChI is InChI=1S/C21H24O4/c1-5-14-21(3,16-6-10-18(24-4)11-7-16)17-8-12-19(13-9-17)25-20(23)15(2)22/h6-13H,5,14H2,1-4H3. The first-order valence-electron chi connectivity index (χ1n) is 8.38. The molecule has 0 aliphatic heterocycles. The maximum absolute atomic E-state index is 11.4. The van der Waals surface area contributed by atoms with Gasteiger partial charge < -0.3 is 9.47 Å². The highest BCUT2D eigenvalue weighted by Crippen LogP contribution is 2.37. The Morgan fingerprint density at radius 1 is 0.920 bits per heavy atom. The predicted molar refractivity (Wildman–Crippen MR) is 97.1 cm³/mol. The first-order valence-corrected chi connectivity index (χ1v) is 8.38. The molecule has 0 amide bonds. The lowest BCUT2D eigenvalue weighted by Gasteiger charge is -2.31. The Balaban J connectivity index is 2.32. The van der Waals surface area contributed by atoms with Crippen LogP contribution in [0, 0.1) is 0 Å². The number of carbonyl (C=O) groups is 2. The van der Waals surface area contributed by atoms with Crippen molar-refractivity contribution in [3.63, 3.8) is 0 Å². The van der Waals surface area contributed by atoms with Crippen LogP contribution in [0.15, 0.2) is 48.5 Å². The molecule has 0 aromatic heterocycles. The van der Waals surface area contributed by atoms with Gasteiger partial charge in [-0.3, -0.25) is 4.79 Å². The van der Waals surface area contributed by atoms with Crippen LogP contribution in [0.2, 0.25) is 0 Å². The van der Waals surface area contributed by atoms with Gasteiger partial charge in [-0.2, -0.15) is 0 Å². The fourth-order valence-electron chi connectivity index (χ4n) is 2.98. The Labute approximate surface area is 148 Å². The van der Waals surface area contributed by atoms with Crippen LogP contribution >= 0.6 is 0 Å². The van der Waals surface area contributed by atoms with Crippen LogP contribution in [0.4, 0.5) is 0 Å². The lowest BCUT2D eigenvalue weighted by Crippen LogP contribution is -2.23. The van der Waals surface area contributed by atoms with Gasteiger partial charge in [-0.05, 0) is 41.8 Å². The molecule has 25 heavy (non-hydrogen) atoms. The van der Waals surface area contributed by atoms with E-state index in [4.69, 9.17) is 9.47 Å². The van der Waals surface area contributed by atoms with Crippen molar-refractivity contribution in [1.29, 1.82) is 0 Å². The number of Topliss-reactive ketones (excluding diaryl/α,β-unsaturated/α-hetero) is 1. The van der Waals surface area contributed by atoms with E-state index in [0.29, 0.717) is 5.75 Å². The summed E-state index contributed by atoms with van der Waals surface area (Å²) < 4.78 is 10.3. The summed E-state index contributed by atoms with van der Waals surface area (Å²) in [6.07, 6.45) is 2.01. The highest BCUT2D eigenvalue weighted by atomic mass is 16.5. The molecule has 1 atom stereocenters. The number of methoxy groups -OCH3 is 1. The molecule has 2 aromatic carbocycles. The summed E-state index contributed by atoms with van der Waals surface area (Å²) >= 11 is 0. The van der Waals surface area contributed by atoms with Gasteiger partial charge in [0.15, 0.2) is 0 Å². The van der Waals surface area contributed by atoms with Crippen LogP contribution < -0.4 is 9.47 Å². The van der Waals surface area contributed by atoms with E-state index in [1.54, 1.807) is 19.2 Å². The van der Waals surface area contributed by atoms with E-state index < -0.39 is 11.8 Å². The first kappa shape index (κ1) is 18.7. The molecular weight excluding hydrogens is 316 g/mol. The molecule has 2 aromatic rings. The molecule has 1 unspecified atom stereocenters. The van der Waals surface area contributed by atoms with Crippen LogP contribution in [0.25, 0.3) is 0 Å². The number of ketones is 1. The van der Waals surface area contributed by atoms with Gasteiger partial charge in [0.1, 0.15) is 11.5 Å². The zero-order valence-electron chi connectivity index (χ0n) is 15.2. The predicted octanol–water partition coefficient (Wildman–Crippen LogP) is 4.30. The average molecular weight is 340 g/mol. The molecule has 0 aliphatic carbocycles. The molecule has 4 nitrogen and oxygen atoms in total. The topological polar surface area (TPSA) is 52.6 Å². The van der Waals surface area contributed by atoms with E-state index in [1.165, 1.54) is 12.5 Å². The third-order valence-corrected chi connectivity index (χ3v) is 4.47. The van der Waals surface area contributed by atoms with Crippen molar-refractivity contribution in [2.45, 2.75) is 39.0 Å². The highest BCUT2D eigenvalue weighted by Gasteiger charge is 2.28.